The minimum absolute atomic E-state index is 0.199. The zero-order valence-electron chi connectivity index (χ0n) is 21.5. The van der Waals surface area contributed by atoms with Crippen LogP contribution in [0.25, 0.3) is 44.6 Å². The molecule has 4 aromatic carbocycles. The molecule has 7 nitrogen and oxygen atoms in total. The van der Waals surface area contributed by atoms with Crippen LogP contribution < -0.4 is 15.7 Å². The van der Waals surface area contributed by atoms with Crippen molar-refractivity contribution in [2.24, 2.45) is 0 Å². The highest BCUT2D eigenvalue weighted by Crippen LogP contribution is 2.31. The molecule has 6 rings (SSSR count). The lowest BCUT2D eigenvalue weighted by molar-refractivity contribution is -0.118. The maximum absolute atomic E-state index is 12.9. The molecular weight excluding hydrogens is 534 g/mol. The third kappa shape index (κ3) is 5.48. The molecule has 0 saturated heterocycles. The molecule has 0 saturated carbocycles. The smallest absolute Gasteiger partial charge is 0.345 e. The molecule has 0 radical (unpaired) electrons. The third-order valence-electron chi connectivity index (χ3n) is 6.41. The zero-order chi connectivity index (χ0) is 28.2. The number of aromatic nitrogens is 1. The number of nitriles is 1. The topological polar surface area (TPSA) is 105 Å². The summed E-state index contributed by atoms with van der Waals surface area (Å²) in [6.45, 7) is -0.199. The van der Waals surface area contributed by atoms with Crippen LogP contribution in [0.3, 0.4) is 0 Å². The van der Waals surface area contributed by atoms with Gasteiger partial charge in [-0.25, -0.2) is 9.78 Å². The summed E-state index contributed by atoms with van der Waals surface area (Å²) in [5.74, 6) is 0.143. The molecule has 1 N–H and O–H groups in total. The van der Waals surface area contributed by atoms with E-state index in [1.165, 1.54) is 11.3 Å². The van der Waals surface area contributed by atoms with Gasteiger partial charge in [0.25, 0.3) is 5.91 Å². The molecule has 0 aliphatic carbocycles. The van der Waals surface area contributed by atoms with Crippen molar-refractivity contribution < 1.29 is 13.9 Å². The SMILES string of the molecule is N#CC(=Cc1ccccc1OCC(=O)Nc1ccccc1)c1nc(-c2cc3c(ccc4ccccc43)oc2=O)cs1. The van der Waals surface area contributed by atoms with E-state index < -0.39 is 5.63 Å². The van der Waals surface area contributed by atoms with Gasteiger partial charge < -0.3 is 14.5 Å². The van der Waals surface area contributed by atoms with Crippen LogP contribution in [0.4, 0.5) is 5.69 Å². The van der Waals surface area contributed by atoms with Crippen LogP contribution >= 0.6 is 11.3 Å². The van der Waals surface area contributed by atoms with Gasteiger partial charge in [0.1, 0.15) is 22.4 Å². The standard InChI is InChI=1S/C33H21N3O4S/c34-18-23(16-22-9-5-7-13-29(22)39-19-31(37)35-24-10-2-1-3-11-24)32-36-28(20-41-32)27-17-26-25-12-6-4-8-21(25)14-15-30(26)40-33(27)38/h1-17,20H,19H2,(H,35,37). The van der Waals surface area contributed by atoms with Gasteiger partial charge >= 0.3 is 5.63 Å². The summed E-state index contributed by atoms with van der Waals surface area (Å²) < 4.78 is 11.4. The summed E-state index contributed by atoms with van der Waals surface area (Å²) in [6.07, 6.45) is 1.66. The van der Waals surface area contributed by atoms with Crippen LogP contribution in [0, 0.1) is 11.3 Å². The predicted molar refractivity (Wildman–Crippen MR) is 162 cm³/mol. The van der Waals surface area contributed by atoms with Crippen molar-refractivity contribution in [1.82, 2.24) is 4.98 Å². The second-order valence-electron chi connectivity index (χ2n) is 9.09. The number of nitrogens with one attached hydrogen (secondary N) is 1. The summed E-state index contributed by atoms with van der Waals surface area (Å²) in [5, 5.41) is 17.7. The fraction of sp³-hybridized carbons (Fsp3) is 0.0303. The molecule has 6 aromatic rings. The molecule has 0 aliphatic rings. The first-order valence-corrected chi connectivity index (χ1v) is 13.6. The monoisotopic (exact) mass is 555 g/mol. The van der Waals surface area contributed by atoms with Crippen LogP contribution in [0.1, 0.15) is 10.6 Å². The largest absolute Gasteiger partial charge is 0.483 e. The average molecular weight is 556 g/mol. The molecule has 0 aliphatic heterocycles. The van der Waals surface area contributed by atoms with Crippen molar-refractivity contribution in [1.29, 1.82) is 5.26 Å². The quantitative estimate of drug-likeness (QED) is 0.127. The number of benzene rings is 4. The molecule has 0 fully saturated rings. The number of ether oxygens (including phenoxy) is 1. The Morgan fingerprint density at radius 2 is 1.76 bits per heavy atom. The van der Waals surface area contributed by atoms with Crippen molar-refractivity contribution in [2.45, 2.75) is 0 Å². The van der Waals surface area contributed by atoms with Crippen molar-refractivity contribution in [2.75, 3.05) is 11.9 Å². The lowest BCUT2D eigenvalue weighted by Crippen LogP contribution is -2.20. The van der Waals surface area contributed by atoms with E-state index in [-0.39, 0.29) is 12.5 Å². The Morgan fingerprint density at radius 1 is 0.976 bits per heavy atom. The van der Waals surface area contributed by atoms with Gasteiger partial charge in [-0.1, -0.05) is 66.7 Å². The number of nitrogens with zero attached hydrogens (tertiary/aromatic N) is 2. The van der Waals surface area contributed by atoms with Gasteiger partial charge in [-0.2, -0.15) is 5.26 Å². The lowest BCUT2D eigenvalue weighted by Gasteiger charge is -2.10. The Bertz CT molecular complexity index is 2040. The maximum Gasteiger partial charge on any atom is 0.345 e. The Balaban J connectivity index is 1.27. The Hall–Kier alpha value is -5.52. The predicted octanol–water partition coefficient (Wildman–Crippen LogP) is 7.15. The van der Waals surface area contributed by atoms with Gasteiger partial charge in [0, 0.05) is 22.0 Å². The average Bonchev–Trinajstić information content (AvgIpc) is 3.49. The van der Waals surface area contributed by atoms with Crippen LogP contribution in [-0.2, 0) is 4.79 Å². The minimum atomic E-state index is -0.500. The number of carbonyl (C=O) groups excluding carboxylic acids is 1. The normalized spacial score (nSPS) is 11.3. The Labute approximate surface area is 238 Å². The fourth-order valence-electron chi connectivity index (χ4n) is 4.46. The number of allylic oxidation sites excluding steroid dienone is 1. The highest BCUT2D eigenvalue weighted by molar-refractivity contribution is 7.11. The number of para-hydroxylation sites is 2. The van der Waals surface area contributed by atoms with Gasteiger partial charge in [-0.3, -0.25) is 4.79 Å². The summed E-state index contributed by atoms with van der Waals surface area (Å²) in [5.41, 5.74) is 2.33. The van der Waals surface area contributed by atoms with E-state index in [2.05, 4.69) is 16.4 Å². The minimum Gasteiger partial charge on any atom is -0.483 e. The number of rotatable bonds is 7. The van der Waals surface area contributed by atoms with Crippen LogP contribution in [0.5, 0.6) is 5.75 Å². The van der Waals surface area contributed by atoms with Gasteiger partial charge in [-0.05, 0) is 47.2 Å². The number of fused-ring (bicyclic) bond motifs is 3. The van der Waals surface area contributed by atoms with Crippen LogP contribution in [0.15, 0.2) is 112 Å². The maximum atomic E-state index is 12.9. The first-order chi connectivity index (χ1) is 20.1. The molecule has 1 amide bonds. The third-order valence-corrected chi connectivity index (χ3v) is 7.28. The van der Waals surface area contributed by atoms with Crippen molar-refractivity contribution in [3.05, 3.63) is 123 Å². The number of thiazole rings is 1. The van der Waals surface area contributed by atoms with Gasteiger partial charge in [0.15, 0.2) is 6.61 Å². The number of amides is 1. The van der Waals surface area contributed by atoms with Crippen LogP contribution in [0.2, 0.25) is 0 Å². The number of carbonyl (C=O) groups is 1. The van der Waals surface area contributed by atoms with Gasteiger partial charge in [0.05, 0.1) is 16.8 Å². The summed E-state index contributed by atoms with van der Waals surface area (Å²) in [4.78, 5) is 29.8. The first-order valence-electron chi connectivity index (χ1n) is 12.7. The van der Waals surface area contributed by atoms with Crippen molar-refractivity contribution >= 4 is 56.3 Å². The molecule has 0 spiro atoms. The summed E-state index contributed by atoms with van der Waals surface area (Å²) in [6, 6.07) is 31.8. The van der Waals surface area contributed by atoms with Crippen molar-refractivity contribution in [3.8, 4) is 23.1 Å². The highest BCUT2D eigenvalue weighted by atomic mass is 32.1. The summed E-state index contributed by atoms with van der Waals surface area (Å²) in [7, 11) is 0. The van der Waals surface area contributed by atoms with E-state index >= 15 is 0 Å². The molecular formula is C33H21N3O4S. The molecule has 41 heavy (non-hydrogen) atoms. The van der Waals surface area contributed by atoms with Crippen molar-refractivity contribution in [3.63, 3.8) is 0 Å². The molecule has 0 unspecified atom stereocenters. The fourth-order valence-corrected chi connectivity index (χ4v) is 5.25. The van der Waals surface area contributed by atoms with E-state index in [0.717, 1.165) is 16.2 Å². The van der Waals surface area contributed by atoms with E-state index in [1.54, 1.807) is 53.9 Å². The van der Waals surface area contributed by atoms with Gasteiger partial charge in [0.2, 0.25) is 0 Å². The van der Waals surface area contributed by atoms with Gasteiger partial charge in [-0.15, -0.1) is 11.3 Å². The number of anilines is 1. The second kappa shape index (κ2) is 11.3. The van der Waals surface area contributed by atoms with E-state index in [0.29, 0.717) is 44.4 Å². The molecule has 2 aromatic heterocycles. The van der Waals surface area contributed by atoms with E-state index in [9.17, 15) is 14.9 Å². The number of hydrogen-bond donors (Lipinski definition) is 1. The van der Waals surface area contributed by atoms with Crippen LogP contribution in [-0.4, -0.2) is 17.5 Å². The highest BCUT2D eigenvalue weighted by Gasteiger charge is 2.16. The Morgan fingerprint density at radius 3 is 2.61 bits per heavy atom. The molecule has 0 atom stereocenters. The molecule has 198 valence electrons. The second-order valence-corrected chi connectivity index (χ2v) is 9.95. The van der Waals surface area contributed by atoms with E-state index in [1.807, 2.05) is 54.6 Å². The number of hydrogen-bond acceptors (Lipinski definition) is 7. The molecule has 0 bridgehead atoms. The lowest BCUT2D eigenvalue weighted by atomic mass is 10.0. The van der Waals surface area contributed by atoms with E-state index in [4.69, 9.17) is 9.15 Å². The Kier molecular flexibility index (Phi) is 7.10. The molecule has 2 heterocycles. The zero-order valence-corrected chi connectivity index (χ0v) is 22.4. The summed E-state index contributed by atoms with van der Waals surface area (Å²) >= 11 is 1.25. The molecule has 8 heteroatoms. The first kappa shape index (κ1) is 25.7.